The SMILES string of the molecule is COC(=O)c1cccc(NC(=O)c2ccc3c(c2)C2C4CCC(C4)C2C(c2ccccc2)N3)c1C. The van der Waals surface area contributed by atoms with Crippen molar-refractivity contribution >= 4 is 23.3 Å². The Labute approximate surface area is 205 Å². The number of carbonyl (C=O) groups excluding carboxylic acids is 2. The van der Waals surface area contributed by atoms with Gasteiger partial charge in [-0.25, -0.2) is 4.79 Å². The summed E-state index contributed by atoms with van der Waals surface area (Å²) in [6.07, 6.45) is 3.88. The second-order valence-electron chi connectivity index (χ2n) is 10.2. The smallest absolute Gasteiger partial charge is 0.338 e. The summed E-state index contributed by atoms with van der Waals surface area (Å²) in [6.45, 7) is 1.82. The van der Waals surface area contributed by atoms with Crippen molar-refractivity contribution in [3.05, 3.63) is 94.5 Å². The zero-order valence-electron chi connectivity index (χ0n) is 20.1. The highest BCUT2D eigenvalue weighted by Gasteiger charge is 2.53. The van der Waals surface area contributed by atoms with E-state index in [1.54, 1.807) is 12.1 Å². The number of esters is 1. The van der Waals surface area contributed by atoms with Gasteiger partial charge in [0.15, 0.2) is 0 Å². The monoisotopic (exact) mass is 466 g/mol. The van der Waals surface area contributed by atoms with Crippen LogP contribution in [0.5, 0.6) is 0 Å². The van der Waals surface area contributed by atoms with Gasteiger partial charge in [-0.05, 0) is 96.9 Å². The molecule has 2 bridgehead atoms. The fourth-order valence-electron chi connectivity index (χ4n) is 6.91. The van der Waals surface area contributed by atoms with E-state index >= 15 is 0 Å². The van der Waals surface area contributed by atoms with Crippen LogP contribution in [0.4, 0.5) is 11.4 Å². The Kier molecular flexibility index (Phi) is 5.36. The zero-order chi connectivity index (χ0) is 24.1. The van der Waals surface area contributed by atoms with Crippen molar-refractivity contribution in [2.24, 2.45) is 17.8 Å². The molecule has 5 atom stereocenters. The van der Waals surface area contributed by atoms with Crippen molar-refractivity contribution in [1.82, 2.24) is 0 Å². The molecule has 5 unspecified atom stereocenters. The summed E-state index contributed by atoms with van der Waals surface area (Å²) in [5, 5.41) is 6.85. The molecule has 5 nitrogen and oxygen atoms in total. The number of amides is 1. The van der Waals surface area contributed by atoms with Crippen molar-refractivity contribution in [3.63, 3.8) is 0 Å². The molecule has 6 rings (SSSR count). The molecule has 3 aromatic carbocycles. The van der Waals surface area contributed by atoms with Gasteiger partial charge in [-0.15, -0.1) is 0 Å². The molecule has 0 spiro atoms. The largest absolute Gasteiger partial charge is 0.465 e. The van der Waals surface area contributed by atoms with Gasteiger partial charge in [-0.1, -0.05) is 36.4 Å². The van der Waals surface area contributed by atoms with Gasteiger partial charge in [0.2, 0.25) is 0 Å². The van der Waals surface area contributed by atoms with E-state index in [-0.39, 0.29) is 5.91 Å². The summed E-state index contributed by atoms with van der Waals surface area (Å²) in [6, 6.07) is 22.5. The first-order chi connectivity index (χ1) is 17.0. The first kappa shape index (κ1) is 21.9. The number of fused-ring (bicyclic) bond motifs is 7. The van der Waals surface area contributed by atoms with Crippen LogP contribution in [0, 0.1) is 24.7 Å². The molecule has 1 amide bonds. The van der Waals surface area contributed by atoms with Gasteiger partial charge in [0.1, 0.15) is 0 Å². The van der Waals surface area contributed by atoms with Gasteiger partial charge in [-0.3, -0.25) is 4.79 Å². The number of anilines is 2. The summed E-state index contributed by atoms with van der Waals surface area (Å²) >= 11 is 0. The number of methoxy groups -OCH3 is 1. The zero-order valence-corrected chi connectivity index (χ0v) is 20.1. The molecular formula is C30H30N2O3. The van der Waals surface area contributed by atoms with Crippen molar-refractivity contribution in [3.8, 4) is 0 Å². The molecule has 0 radical (unpaired) electrons. The third-order valence-electron chi connectivity index (χ3n) is 8.50. The normalized spacial score (nSPS) is 25.8. The van der Waals surface area contributed by atoms with Crippen LogP contribution in [0.2, 0.25) is 0 Å². The average Bonchev–Trinajstić information content (AvgIpc) is 3.52. The lowest BCUT2D eigenvalue weighted by atomic mass is 9.68. The van der Waals surface area contributed by atoms with Crippen LogP contribution >= 0.6 is 0 Å². The van der Waals surface area contributed by atoms with Crippen LogP contribution in [0.1, 0.15) is 68.6 Å². The highest BCUT2D eigenvalue weighted by molar-refractivity contribution is 6.06. The lowest BCUT2D eigenvalue weighted by Crippen LogP contribution is -2.35. The second-order valence-corrected chi connectivity index (χ2v) is 10.2. The fourth-order valence-corrected chi connectivity index (χ4v) is 6.91. The molecule has 0 aromatic heterocycles. The van der Waals surface area contributed by atoms with Gasteiger partial charge < -0.3 is 15.4 Å². The summed E-state index contributed by atoms with van der Waals surface area (Å²) in [5.74, 6) is 1.89. The molecule has 1 heterocycles. The summed E-state index contributed by atoms with van der Waals surface area (Å²) in [4.78, 5) is 25.4. The number of rotatable bonds is 4. The van der Waals surface area contributed by atoms with Gasteiger partial charge in [0, 0.05) is 16.9 Å². The molecule has 3 aromatic rings. The molecule has 3 aliphatic rings. The molecule has 178 valence electrons. The fraction of sp³-hybridized carbons (Fsp3) is 0.333. The Hall–Kier alpha value is -3.60. The minimum absolute atomic E-state index is 0.164. The van der Waals surface area contributed by atoms with E-state index in [1.165, 1.54) is 37.5 Å². The van der Waals surface area contributed by atoms with Crippen LogP contribution in [-0.2, 0) is 4.74 Å². The quantitative estimate of drug-likeness (QED) is 0.441. The van der Waals surface area contributed by atoms with E-state index < -0.39 is 5.97 Å². The van der Waals surface area contributed by atoms with Gasteiger partial charge in [0.25, 0.3) is 5.91 Å². The molecule has 5 heteroatoms. The highest BCUT2D eigenvalue weighted by atomic mass is 16.5. The maximum absolute atomic E-state index is 13.3. The topological polar surface area (TPSA) is 67.4 Å². The molecule has 2 N–H and O–H groups in total. The minimum Gasteiger partial charge on any atom is -0.465 e. The van der Waals surface area contributed by atoms with E-state index in [1.807, 2.05) is 19.1 Å². The van der Waals surface area contributed by atoms with Crippen molar-refractivity contribution in [2.75, 3.05) is 17.7 Å². The molecule has 2 fully saturated rings. The van der Waals surface area contributed by atoms with Crippen LogP contribution in [0.25, 0.3) is 0 Å². The Morgan fingerprint density at radius 3 is 2.57 bits per heavy atom. The van der Waals surface area contributed by atoms with Crippen LogP contribution < -0.4 is 10.6 Å². The molecule has 2 saturated carbocycles. The van der Waals surface area contributed by atoms with Gasteiger partial charge in [0.05, 0.1) is 18.7 Å². The maximum Gasteiger partial charge on any atom is 0.338 e. The molecule has 2 aliphatic carbocycles. The minimum atomic E-state index is -0.409. The summed E-state index contributed by atoms with van der Waals surface area (Å²) in [7, 11) is 1.36. The van der Waals surface area contributed by atoms with Crippen LogP contribution in [0.15, 0.2) is 66.7 Å². The predicted molar refractivity (Wildman–Crippen MR) is 137 cm³/mol. The average molecular weight is 467 g/mol. The third kappa shape index (κ3) is 3.61. The van der Waals surface area contributed by atoms with Gasteiger partial charge in [-0.2, -0.15) is 0 Å². The second kappa shape index (κ2) is 8.56. The maximum atomic E-state index is 13.3. The standard InChI is InChI=1S/C30H30N2O3/c1-17-22(30(34)35-2)9-6-10-24(17)32-29(33)21-13-14-25-23(16-21)26-19-11-12-20(15-19)27(26)28(31-25)18-7-4-3-5-8-18/h3-10,13-14,16,19-20,26-28,31H,11-12,15H2,1-2H3,(H,32,33). The van der Waals surface area contributed by atoms with Crippen LogP contribution in [0.3, 0.4) is 0 Å². The summed E-state index contributed by atoms with van der Waals surface area (Å²) in [5.41, 5.74) is 6.20. The third-order valence-corrected chi connectivity index (χ3v) is 8.50. The molecular weight excluding hydrogens is 436 g/mol. The Morgan fingerprint density at radius 1 is 0.971 bits per heavy atom. The van der Waals surface area contributed by atoms with Crippen molar-refractivity contribution in [1.29, 1.82) is 0 Å². The first-order valence-electron chi connectivity index (χ1n) is 12.5. The number of nitrogens with one attached hydrogen (secondary N) is 2. The van der Waals surface area contributed by atoms with E-state index in [4.69, 9.17) is 4.74 Å². The molecule has 0 saturated heterocycles. The van der Waals surface area contributed by atoms with E-state index in [0.29, 0.717) is 46.2 Å². The highest BCUT2D eigenvalue weighted by Crippen LogP contribution is 2.63. The van der Waals surface area contributed by atoms with E-state index in [9.17, 15) is 9.59 Å². The predicted octanol–water partition coefficient (Wildman–Crippen LogP) is 6.33. The molecule has 1 aliphatic heterocycles. The number of ether oxygens (including phenoxy) is 1. The summed E-state index contributed by atoms with van der Waals surface area (Å²) < 4.78 is 4.87. The Balaban J connectivity index is 1.32. The first-order valence-corrected chi connectivity index (χ1v) is 12.5. The Morgan fingerprint density at radius 2 is 1.77 bits per heavy atom. The lowest BCUT2D eigenvalue weighted by Gasteiger charge is -2.43. The number of hydrogen-bond donors (Lipinski definition) is 2. The van der Waals surface area contributed by atoms with E-state index in [0.717, 1.165) is 11.6 Å². The van der Waals surface area contributed by atoms with Crippen molar-refractivity contribution in [2.45, 2.75) is 38.1 Å². The Bertz CT molecular complexity index is 1300. The van der Waals surface area contributed by atoms with Crippen molar-refractivity contribution < 1.29 is 14.3 Å². The molecule has 35 heavy (non-hydrogen) atoms. The number of benzene rings is 3. The number of carbonyl (C=O) groups is 2. The van der Waals surface area contributed by atoms with Crippen LogP contribution in [-0.4, -0.2) is 19.0 Å². The van der Waals surface area contributed by atoms with Gasteiger partial charge >= 0.3 is 5.97 Å². The number of hydrogen-bond acceptors (Lipinski definition) is 4. The lowest BCUT2D eigenvalue weighted by molar-refractivity contribution is 0.0599. The van der Waals surface area contributed by atoms with E-state index in [2.05, 4.69) is 53.1 Å².